The van der Waals surface area contributed by atoms with Gasteiger partial charge in [-0.15, -0.1) is 11.3 Å². The van der Waals surface area contributed by atoms with Crippen LogP contribution < -0.4 is 0 Å². The average molecular weight is 231 g/mol. The van der Waals surface area contributed by atoms with Crippen molar-refractivity contribution >= 4 is 22.9 Å². The standard InChI is InChI=1S/C12H19ClS/c1-4-8-12(3,9-5-2)10-6-7-11(13)14-10/h6-7H,4-5,8-9H2,1-3H3. The molecule has 0 bridgehead atoms. The Bertz CT molecular complexity index is 272. The molecule has 0 N–H and O–H groups in total. The summed E-state index contributed by atoms with van der Waals surface area (Å²) in [6.45, 7) is 6.87. The first kappa shape index (κ1) is 12.1. The fraction of sp³-hybridized carbons (Fsp3) is 0.667. The van der Waals surface area contributed by atoms with E-state index in [4.69, 9.17) is 11.6 Å². The van der Waals surface area contributed by atoms with Gasteiger partial charge in [0.2, 0.25) is 0 Å². The molecule has 0 amide bonds. The molecule has 0 aliphatic carbocycles. The smallest absolute Gasteiger partial charge is 0.0931 e. The first-order valence-electron chi connectivity index (χ1n) is 5.38. The van der Waals surface area contributed by atoms with E-state index in [0.29, 0.717) is 5.41 Å². The SMILES string of the molecule is CCCC(C)(CCC)c1ccc(Cl)s1. The maximum absolute atomic E-state index is 5.99. The van der Waals surface area contributed by atoms with E-state index in [0.717, 1.165) is 4.34 Å². The predicted octanol–water partition coefficient (Wildman–Crippen LogP) is 5.26. The molecule has 14 heavy (non-hydrogen) atoms. The third-order valence-corrected chi connectivity index (χ3v) is 4.31. The van der Waals surface area contributed by atoms with Crippen molar-refractivity contribution in [3.05, 3.63) is 21.3 Å². The number of rotatable bonds is 5. The molecule has 0 aromatic carbocycles. The van der Waals surface area contributed by atoms with E-state index in [1.165, 1.54) is 30.6 Å². The fourth-order valence-electron chi connectivity index (χ4n) is 2.11. The zero-order valence-electron chi connectivity index (χ0n) is 9.27. The van der Waals surface area contributed by atoms with E-state index in [-0.39, 0.29) is 0 Å². The molecule has 2 heteroatoms. The van der Waals surface area contributed by atoms with Gasteiger partial charge < -0.3 is 0 Å². The van der Waals surface area contributed by atoms with Crippen LogP contribution in [0.1, 0.15) is 51.3 Å². The predicted molar refractivity (Wildman–Crippen MR) is 66.5 cm³/mol. The highest BCUT2D eigenvalue weighted by Crippen LogP contribution is 2.39. The second-order valence-corrected chi connectivity index (χ2v) is 5.88. The highest BCUT2D eigenvalue weighted by Gasteiger charge is 2.26. The molecule has 0 aliphatic rings. The zero-order chi connectivity index (χ0) is 10.6. The Labute approximate surface area is 96.3 Å². The molecular formula is C12H19ClS. The van der Waals surface area contributed by atoms with Crippen LogP contribution in [0.25, 0.3) is 0 Å². The molecule has 80 valence electrons. The molecular weight excluding hydrogens is 212 g/mol. The van der Waals surface area contributed by atoms with Gasteiger partial charge in [-0.25, -0.2) is 0 Å². The summed E-state index contributed by atoms with van der Waals surface area (Å²) in [5.74, 6) is 0. The summed E-state index contributed by atoms with van der Waals surface area (Å²) in [7, 11) is 0. The number of halogens is 1. The molecule has 1 rings (SSSR count). The summed E-state index contributed by atoms with van der Waals surface area (Å²) < 4.78 is 0.915. The normalized spacial score (nSPS) is 12.0. The lowest BCUT2D eigenvalue weighted by Gasteiger charge is -2.27. The third kappa shape index (κ3) is 2.74. The summed E-state index contributed by atoms with van der Waals surface area (Å²) in [5.41, 5.74) is 0.349. The second kappa shape index (κ2) is 5.18. The molecule has 1 aromatic heterocycles. The number of hydrogen-bond donors (Lipinski definition) is 0. The topological polar surface area (TPSA) is 0 Å². The van der Waals surface area contributed by atoms with Crippen molar-refractivity contribution in [3.8, 4) is 0 Å². The quantitative estimate of drug-likeness (QED) is 0.647. The van der Waals surface area contributed by atoms with Gasteiger partial charge in [0.1, 0.15) is 0 Å². The number of hydrogen-bond acceptors (Lipinski definition) is 1. The minimum atomic E-state index is 0.349. The van der Waals surface area contributed by atoms with Crippen LogP contribution in [0.5, 0.6) is 0 Å². The van der Waals surface area contributed by atoms with Gasteiger partial charge >= 0.3 is 0 Å². The van der Waals surface area contributed by atoms with E-state index in [1.807, 2.05) is 6.07 Å². The third-order valence-electron chi connectivity index (χ3n) is 2.77. The van der Waals surface area contributed by atoms with Crippen LogP contribution in [0.2, 0.25) is 4.34 Å². The molecule has 0 unspecified atom stereocenters. The van der Waals surface area contributed by atoms with Crippen LogP contribution >= 0.6 is 22.9 Å². The van der Waals surface area contributed by atoms with Gasteiger partial charge in [0.25, 0.3) is 0 Å². The van der Waals surface area contributed by atoms with E-state index in [1.54, 1.807) is 11.3 Å². The van der Waals surface area contributed by atoms with Gasteiger partial charge in [0.15, 0.2) is 0 Å². The Morgan fingerprint density at radius 1 is 1.21 bits per heavy atom. The Kier molecular flexibility index (Phi) is 4.46. The molecule has 0 nitrogen and oxygen atoms in total. The van der Waals surface area contributed by atoms with Crippen LogP contribution in [-0.2, 0) is 5.41 Å². The largest absolute Gasteiger partial charge is 0.128 e. The molecule has 0 saturated carbocycles. The average Bonchev–Trinajstić information content (AvgIpc) is 2.53. The highest BCUT2D eigenvalue weighted by atomic mass is 35.5. The molecule has 0 saturated heterocycles. The van der Waals surface area contributed by atoms with Gasteiger partial charge in [-0.05, 0) is 25.0 Å². The molecule has 1 heterocycles. The van der Waals surface area contributed by atoms with Crippen molar-refractivity contribution in [3.63, 3.8) is 0 Å². The molecule has 0 radical (unpaired) electrons. The van der Waals surface area contributed by atoms with Gasteiger partial charge in [0.05, 0.1) is 4.34 Å². The van der Waals surface area contributed by atoms with Crippen molar-refractivity contribution < 1.29 is 0 Å². The van der Waals surface area contributed by atoms with Crippen LogP contribution in [0.4, 0.5) is 0 Å². The van der Waals surface area contributed by atoms with Crippen LogP contribution in [0.15, 0.2) is 12.1 Å². The van der Waals surface area contributed by atoms with Crippen LogP contribution in [0, 0.1) is 0 Å². The molecule has 0 aliphatic heterocycles. The summed E-state index contributed by atoms with van der Waals surface area (Å²) >= 11 is 7.73. The Morgan fingerprint density at radius 2 is 1.79 bits per heavy atom. The molecule has 0 spiro atoms. The van der Waals surface area contributed by atoms with E-state index >= 15 is 0 Å². The minimum absolute atomic E-state index is 0.349. The highest BCUT2D eigenvalue weighted by molar-refractivity contribution is 7.16. The Hall–Kier alpha value is -0.0100. The van der Waals surface area contributed by atoms with Crippen molar-refractivity contribution in [2.45, 2.75) is 51.9 Å². The van der Waals surface area contributed by atoms with Gasteiger partial charge in [-0.3, -0.25) is 0 Å². The lowest BCUT2D eigenvalue weighted by atomic mass is 9.80. The maximum Gasteiger partial charge on any atom is 0.0931 e. The summed E-state index contributed by atoms with van der Waals surface area (Å²) in [4.78, 5) is 1.45. The summed E-state index contributed by atoms with van der Waals surface area (Å²) in [5, 5.41) is 0. The second-order valence-electron chi connectivity index (χ2n) is 4.16. The lowest BCUT2D eigenvalue weighted by molar-refractivity contribution is 0.399. The van der Waals surface area contributed by atoms with Crippen molar-refractivity contribution in [1.29, 1.82) is 0 Å². The molecule has 0 atom stereocenters. The Morgan fingerprint density at radius 3 is 2.14 bits per heavy atom. The van der Waals surface area contributed by atoms with E-state index in [9.17, 15) is 0 Å². The summed E-state index contributed by atoms with van der Waals surface area (Å²) in [6, 6.07) is 4.21. The molecule has 1 aromatic rings. The first-order valence-corrected chi connectivity index (χ1v) is 6.57. The minimum Gasteiger partial charge on any atom is -0.128 e. The van der Waals surface area contributed by atoms with Crippen LogP contribution in [-0.4, -0.2) is 0 Å². The van der Waals surface area contributed by atoms with Gasteiger partial charge in [0, 0.05) is 10.3 Å². The van der Waals surface area contributed by atoms with Gasteiger partial charge in [-0.2, -0.15) is 0 Å². The monoisotopic (exact) mass is 230 g/mol. The van der Waals surface area contributed by atoms with Crippen molar-refractivity contribution in [2.75, 3.05) is 0 Å². The van der Waals surface area contributed by atoms with Crippen LogP contribution in [0.3, 0.4) is 0 Å². The Balaban J connectivity index is 2.86. The van der Waals surface area contributed by atoms with E-state index in [2.05, 4.69) is 26.8 Å². The lowest BCUT2D eigenvalue weighted by Crippen LogP contribution is -2.19. The first-order chi connectivity index (χ1) is 6.62. The van der Waals surface area contributed by atoms with Crippen molar-refractivity contribution in [1.82, 2.24) is 0 Å². The van der Waals surface area contributed by atoms with Crippen molar-refractivity contribution in [2.24, 2.45) is 0 Å². The summed E-state index contributed by atoms with van der Waals surface area (Å²) in [6.07, 6.45) is 5.01. The fourth-order valence-corrected chi connectivity index (χ4v) is 3.36. The maximum atomic E-state index is 5.99. The van der Waals surface area contributed by atoms with E-state index < -0.39 is 0 Å². The number of thiophene rings is 1. The van der Waals surface area contributed by atoms with Gasteiger partial charge in [-0.1, -0.05) is 45.2 Å². The molecule has 0 fully saturated rings. The zero-order valence-corrected chi connectivity index (χ0v) is 10.8.